The van der Waals surface area contributed by atoms with Crippen LogP contribution in [0.25, 0.3) is 0 Å². The van der Waals surface area contributed by atoms with Gasteiger partial charge >= 0.3 is 5.97 Å². The third-order valence-electron chi connectivity index (χ3n) is 6.05. The first kappa shape index (κ1) is 22.5. The molecule has 1 fully saturated rings. The van der Waals surface area contributed by atoms with E-state index in [2.05, 4.69) is 46.6 Å². The van der Waals surface area contributed by atoms with Gasteiger partial charge in [-0.05, 0) is 41.2 Å². The van der Waals surface area contributed by atoms with Crippen molar-refractivity contribution in [2.45, 2.75) is 129 Å². The smallest absolute Gasteiger partial charge is 0.306 e. The number of rotatable bonds is 11. The third-order valence-corrected chi connectivity index (χ3v) is 6.05. The van der Waals surface area contributed by atoms with Crippen LogP contribution in [0.3, 0.4) is 0 Å². The van der Waals surface area contributed by atoms with E-state index in [9.17, 15) is 4.79 Å². The maximum absolute atomic E-state index is 12.2. The van der Waals surface area contributed by atoms with Crippen molar-refractivity contribution in [2.75, 3.05) is 7.05 Å². The van der Waals surface area contributed by atoms with E-state index in [0.717, 1.165) is 25.7 Å². The number of unbranched alkanes of at least 4 members (excludes halogenated alkanes) is 8. The number of carbonyl (C=O) groups is 1. The fraction of sp³-hybridized carbons (Fsp3) is 0.955. The minimum absolute atomic E-state index is 0.00380. The third kappa shape index (κ3) is 8.11. The molecule has 0 saturated carbocycles. The van der Waals surface area contributed by atoms with Crippen molar-refractivity contribution in [3.8, 4) is 0 Å². The molecule has 0 bridgehead atoms. The van der Waals surface area contributed by atoms with Gasteiger partial charge in [-0.1, -0.05) is 58.3 Å². The Morgan fingerprint density at radius 1 is 0.880 bits per heavy atom. The molecular weight excluding hydrogens is 310 g/mol. The largest absolute Gasteiger partial charge is 0.462 e. The minimum atomic E-state index is 0.00380. The highest BCUT2D eigenvalue weighted by Crippen LogP contribution is 2.38. The topological polar surface area (TPSA) is 29.5 Å². The summed E-state index contributed by atoms with van der Waals surface area (Å²) in [5.41, 5.74) is 0.148. The fourth-order valence-electron chi connectivity index (χ4n) is 4.19. The highest BCUT2D eigenvalue weighted by Gasteiger charge is 2.44. The highest BCUT2D eigenvalue weighted by atomic mass is 16.5. The number of piperidine rings is 1. The van der Waals surface area contributed by atoms with Gasteiger partial charge in [0.1, 0.15) is 6.10 Å². The van der Waals surface area contributed by atoms with E-state index in [1.54, 1.807) is 0 Å². The molecule has 0 amide bonds. The molecule has 0 aromatic carbocycles. The zero-order valence-electron chi connectivity index (χ0n) is 17.8. The summed E-state index contributed by atoms with van der Waals surface area (Å²) in [6, 6.07) is 0. The van der Waals surface area contributed by atoms with E-state index in [-0.39, 0.29) is 23.2 Å². The number of likely N-dealkylation sites (tertiary alicyclic amines) is 1. The number of ether oxygens (including phenoxy) is 1. The van der Waals surface area contributed by atoms with Crippen LogP contribution in [0.5, 0.6) is 0 Å². The molecule has 0 unspecified atom stereocenters. The lowest BCUT2D eigenvalue weighted by Crippen LogP contribution is -2.60. The lowest BCUT2D eigenvalue weighted by molar-refractivity contribution is -0.159. The molecule has 0 aliphatic carbocycles. The lowest BCUT2D eigenvalue weighted by atomic mass is 9.79. The van der Waals surface area contributed by atoms with Crippen molar-refractivity contribution in [3.63, 3.8) is 0 Å². The Morgan fingerprint density at radius 3 is 1.80 bits per heavy atom. The van der Waals surface area contributed by atoms with Crippen LogP contribution in [0.1, 0.15) is 112 Å². The van der Waals surface area contributed by atoms with Gasteiger partial charge in [0.2, 0.25) is 0 Å². The molecule has 3 heteroatoms. The predicted octanol–water partition coefficient (Wildman–Crippen LogP) is 6.10. The van der Waals surface area contributed by atoms with Crippen molar-refractivity contribution >= 4 is 5.97 Å². The normalized spacial score (nSPS) is 20.6. The molecule has 0 radical (unpaired) electrons. The van der Waals surface area contributed by atoms with E-state index in [1.165, 1.54) is 44.9 Å². The van der Waals surface area contributed by atoms with E-state index in [0.29, 0.717) is 6.42 Å². The highest BCUT2D eigenvalue weighted by molar-refractivity contribution is 5.69. The van der Waals surface area contributed by atoms with Gasteiger partial charge < -0.3 is 4.74 Å². The monoisotopic (exact) mass is 353 g/mol. The van der Waals surface area contributed by atoms with Gasteiger partial charge in [-0.15, -0.1) is 0 Å². The van der Waals surface area contributed by atoms with Crippen LogP contribution in [-0.4, -0.2) is 35.1 Å². The summed E-state index contributed by atoms with van der Waals surface area (Å²) in [6.45, 7) is 11.2. The van der Waals surface area contributed by atoms with Crippen LogP contribution < -0.4 is 0 Å². The molecular formula is C22H43NO2. The summed E-state index contributed by atoms with van der Waals surface area (Å²) in [6.07, 6.45) is 14.0. The van der Waals surface area contributed by atoms with Gasteiger partial charge in [0.15, 0.2) is 0 Å². The summed E-state index contributed by atoms with van der Waals surface area (Å²) < 4.78 is 5.82. The van der Waals surface area contributed by atoms with E-state index in [4.69, 9.17) is 4.74 Å². The Kier molecular flexibility index (Phi) is 9.48. The molecule has 148 valence electrons. The number of hydrogen-bond acceptors (Lipinski definition) is 3. The number of carbonyl (C=O) groups excluding carboxylic acids is 1. The van der Waals surface area contributed by atoms with Gasteiger partial charge in [-0.2, -0.15) is 0 Å². The first-order valence-corrected chi connectivity index (χ1v) is 10.6. The summed E-state index contributed by atoms with van der Waals surface area (Å²) in [5, 5.41) is 0. The standard InChI is InChI=1S/C22H43NO2/c1-7-8-9-10-11-12-13-14-15-16-20(24)25-19-17-21(2,3)23(6)22(4,5)18-19/h19H,7-18H2,1-6H3. The molecule has 1 aliphatic heterocycles. The minimum Gasteiger partial charge on any atom is -0.462 e. The van der Waals surface area contributed by atoms with Gasteiger partial charge in [0.25, 0.3) is 0 Å². The molecule has 1 heterocycles. The zero-order valence-corrected chi connectivity index (χ0v) is 17.8. The average molecular weight is 354 g/mol. The van der Waals surface area contributed by atoms with Gasteiger partial charge in [0, 0.05) is 30.3 Å². The molecule has 0 atom stereocenters. The fourth-order valence-corrected chi connectivity index (χ4v) is 4.19. The molecule has 25 heavy (non-hydrogen) atoms. The zero-order chi connectivity index (χ0) is 18.9. The maximum Gasteiger partial charge on any atom is 0.306 e. The van der Waals surface area contributed by atoms with E-state index in [1.807, 2.05) is 0 Å². The first-order valence-electron chi connectivity index (χ1n) is 10.6. The van der Waals surface area contributed by atoms with E-state index >= 15 is 0 Å². The second-order valence-electron chi connectivity index (χ2n) is 9.28. The summed E-state index contributed by atoms with van der Waals surface area (Å²) in [7, 11) is 2.18. The van der Waals surface area contributed by atoms with Gasteiger partial charge in [-0.3, -0.25) is 9.69 Å². The Balaban J connectivity index is 2.16. The van der Waals surface area contributed by atoms with E-state index < -0.39 is 0 Å². The Hall–Kier alpha value is -0.570. The van der Waals surface area contributed by atoms with Crippen LogP contribution in [-0.2, 0) is 9.53 Å². The summed E-state index contributed by atoms with van der Waals surface area (Å²) in [4.78, 5) is 14.6. The molecule has 3 nitrogen and oxygen atoms in total. The van der Waals surface area contributed by atoms with Gasteiger partial charge in [0.05, 0.1) is 0 Å². The lowest BCUT2D eigenvalue weighted by Gasteiger charge is -2.53. The SMILES string of the molecule is CCCCCCCCCCCC(=O)OC1CC(C)(C)N(C)C(C)(C)C1. The number of esters is 1. The summed E-state index contributed by atoms with van der Waals surface area (Å²) >= 11 is 0. The number of hydrogen-bond donors (Lipinski definition) is 0. The molecule has 1 saturated heterocycles. The van der Waals surface area contributed by atoms with Crippen LogP contribution >= 0.6 is 0 Å². The Morgan fingerprint density at radius 2 is 1.32 bits per heavy atom. The molecule has 1 rings (SSSR count). The molecule has 0 spiro atoms. The quantitative estimate of drug-likeness (QED) is 0.332. The predicted molar refractivity (Wildman–Crippen MR) is 107 cm³/mol. The van der Waals surface area contributed by atoms with Crippen molar-refractivity contribution in [1.82, 2.24) is 4.90 Å². The Labute approximate surface area is 156 Å². The van der Waals surface area contributed by atoms with Gasteiger partial charge in [-0.25, -0.2) is 0 Å². The van der Waals surface area contributed by atoms with Crippen LogP contribution in [0.2, 0.25) is 0 Å². The van der Waals surface area contributed by atoms with Crippen molar-refractivity contribution < 1.29 is 9.53 Å². The van der Waals surface area contributed by atoms with Crippen LogP contribution in [0, 0.1) is 0 Å². The number of nitrogens with zero attached hydrogens (tertiary/aromatic N) is 1. The second-order valence-corrected chi connectivity index (χ2v) is 9.28. The first-order chi connectivity index (χ1) is 11.7. The molecule has 0 aromatic heterocycles. The molecule has 0 N–H and O–H groups in total. The Bertz CT molecular complexity index is 371. The van der Waals surface area contributed by atoms with Crippen LogP contribution in [0.4, 0.5) is 0 Å². The maximum atomic E-state index is 12.2. The molecule has 0 aromatic rings. The van der Waals surface area contributed by atoms with Crippen molar-refractivity contribution in [2.24, 2.45) is 0 Å². The second kappa shape index (κ2) is 10.5. The van der Waals surface area contributed by atoms with Crippen molar-refractivity contribution in [1.29, 1.82) is 0 Å². The van der Waals surface area contributed by atoms with Crippen LogP contribution in [0.15, 0.2) is 0 Å². The molecule has 1 aliphatic rings. The average Bonchev–Trinajstić information content (AvgIpc) is 2.50. The summed E-state index contributed by atoms with van der Waals surface area (Å²) in [5.74, 6) is 0.00380. The van der Waals surface area contributed by atoms with Crippen molar-refractivity contribution in [3.05, 3.63) is 0 Å².